The summed E-state index contributed by atoms with van der Waals surface area (Å²) >= 11 is 0. The number of carbonyl (C=O) groups is 2. The van der Waals surface area contributed by atoms with Gasteiger partial charge in [0.1, 0.15) is 0 Å². The molecule has 0 radical (unpaired) electrons. The molecule has 15 heavy (non-hydrogen) atoms. The van der Waals surface area contributed by atoms with E-state index in [1.165, 1.54) is 4.90 Å². The predicted molar refractivity (Wildman–Crippen MR) is 53.5 cm³/mol. The summed E-state index contributed by atoms with van der Waals surface area (Å²) in [6.45, 7) is 0. The molecule has 0 aliphatic carbocycles. The summed E-state index contributed by atoms with van der Waals surface area (Å²) in [5, 5.41) is 8.77. The average molecular weight is 205 g/mol. The van der Waals surface area contributed by atoms with E-state index in [4.69, 9.17) is 5.11 Å². The van der Waals surface area contributed by atoms with Crippen molar-refractivity contribution < 1.29 is 14.7 Å². The van der Waals surface area contributed by atoms with Gasteiger partial charge >= 0.3 is 5.97 Å². The quantitative estimate of drug-likeness (QED) is 0.791. The third-order valence-electron chi connectivity index (χ3n) is 2.71. The number of aliphatic carboxylic acids is 1. The van der Waals surface area contributed by atoms with Crippen molar-refractivity contribution in [3.05, 3.63) is 35.4 Å². The molecule has 4 heteroatoms. The fourth-order valence-corrected chi connectivity index (χ4v) is 1.93. The first-order valence-electron chi connectivity index (χ1n) is 4.69. The maximum absolute atomic E-state index is 11.7. The van der Waals surface area contributed by atoms with Crippen LogP contribution in [0.4, 0.5) is 0 Å². The Morgan fingerprint density at radius 1 is 1.47 bits per heavy atom. The van der Waals surface area contributed by atoms with Crippen molar-refractivity contribution in [2.24, 2.45) is 0 Å². The van der Waals surface area contributed by atoms with Gasteiger partial charge in [0.2, 0.25) is 0 Å². The molecule has 0 saturated carbocycles. The van der Waals surface area contributed by atoms with E-state index in [0.717, 1.165) is 5.56 Å². The van der Waals surface area contributed by atoms with Crippen LogP contribution in [0, 0.1) is 0 Å². The van der Waals surface area contributed by atoms with Crippen molar-refractivity contribution in [2.45, 2.75) is 12.5 Å². The van der Waals surface area contributed by atoms with Crippen molar-refractivity contribution in [2.75, 3.05) is 7.05 Å². The first-order chi connectivity index (χ1) is 7.11. The number of fused-ring (bicyclic) bond motifs is 1. The Morgan fingerprint density at radius 2 is 2.13 bits per heavy atom. The van der Waals surface area contributed by atoms with Gasteiger partial charge in [-0.15, -0.1) is 0 Å². The first kappa shape index (κ1) is 9.71. The second-order valence-electron chi connectivity index (χ2n) is 3.62. The fourth-order valence-electron chi connectivity index (χ4n) is 1.93. The highest BCUT2D eigenvalue weighted by Gasteiger charge is 2.34. The summed E-state index contributed by atoms with van der Waals surface area (Å²) in [4.78, 5) is 23.9. The number of hydrogen-bond donors (Lipinski definition) is 1. The van der Waals surface area contributed by atoms with E-state index in [1.54, 1.807) is 19.2 Å². The van der Waals surface area contributed by atoms with Gasteiger partial charge in [-0.1, -0.05) is 18.2 Å². The van der Waals surface area contributed by atoms with Gasteiger partial charge in [0.15, 0.2) is 0 Å². The van der Waals surface area contributed by atoms with Gasteiger partial charge in [0.05, 0.1) is 12.5 Å². The maximum atomic E-state index is 11.7. The third-order valence-corrected chi connectivity index (χ3v) is 2.71. The molecular formula is C11H11NO3. The molecule has 1 aromatic rings. The average Bonchev–Trinajstić information content (AvgIpc) is 2.44. The summed E-state index contributed by atoms with van der Waals surface area (Å²) in [7, 11) is 1.63. The zero-order valence-corrected chi connectivity index (χ0v) is 8.30. The monoisotopic (exact) mass is 205 g/mol. The largest absolute Gasteiger partial charge is 0.481 e. The molecule has 0 fully saturated rings. The molecule has 0 bridgehead atoms. The van der Waals surface area contributed by atoms with E-state index >= 15 is 0 Å². The van der Waals surface area contributed by atoms with Gasteiger partial charge in [0.25, 0.3) is 5.91 Å². The minimum atomic E-state index is -0.892. The lowest BCUT2D eigenvalue weighted by Gasteiger charge is -2.18. The molecule has 1 atom stereocenters. The Balaban J connectivity index is 2.42. The van der Waals surface area contributed by atoms with Crippen LogP contribution in [0.3, 0.4) is 0 Å². The highest BCUT2D eigenvalue weighted by atomic mass is 16.4. The summed E-state index contributed by atoms with van der Waals surface area (Å²) < 4.78 is 0. The zero-order chi connectivity index (χ0) is 11.0. The Morgan fingerprint density at radius 3 is 2.80 bits per heavy atom. The van der Waals surface area contributed by atoms with Gasteiger partial charge in [-0.2, -0.15) is 0 Å². The third kappa shape index (κ3) is 1.48. The van der Waals surface area contributed by atoms with Crippen molar-refractivity contribution in [1.29, 1.82) is 0 Å². The van der Waals surface area contributed by atoms with Crippen LogP contribution in [0.2, 0.25) is 0 Å². The number of benzene rings is 1. The van der Waals surface area contributed by atoms with Crippen LogP contribution in [0.5, 0.6) is 0 Å². The van der Waals surface area contributed by atoms with Crippen LogP contribution in [-0.4, -0.2) is 28.9 Å². The summed E-state index contributed by atoms with van der Waals surface area (Å²) in [5.74, 6) is -0.992. The molecule has 1 aliphatic rings. The van der Waals surface area contributed by atoms with E-state index in [1.807, 2.05) is 12.1 Å². The standard InChI is InChI=1S/C11H11NO3/c1-12-9(6-10(13)14)7-4-2-3-5-8(7)11(12)15/h2-5,9H,6H2,1H3,(H,13,14)/t9-/m0/s1. The second kappa shape index (κ2) is 3.38. The fraction of sp³-hybridized carbons (Fsp3) is 0.273. The summed E-state index contributed by atoms with van der Waals surface area (Å²) in [6.07, 6.45) is -0.0424. The van der Waals surface area contributed by atoms with E-state index in [-0.39, 0.29) is 18.4 Å². The Bertz CT molecular complexity index is 428. The highest BCUT2D eigenvalue weighted by Crippen LogP contribution is 2.34. The highest BCUT2D eigenvalue weighted by molar-refractivity contribution is 5.99. The Hall–Kier alpha value is -1.84. The molecule has 1 aromatic carbocycles. The predicted octanol–water partition coefficient (Wildman–Crippen LogP) is 1.29. The van der Waals surface area contributed by atoms with Crippen molar-refractivity contribution in [1.82, 2.24) is 4.90 Å². The molecule has 1 aliphatic heterocycles. The molecular weight excluding hydrogens is 194 g/mol. The minimum Gasteiger partial charge on any atom is -0.481 e. The van der Waals surface area contributed by atoms with Crippen LogP contribution in [-0.2, 0) is 4.79 Å². The number of rotatable bonds is 2. The first-order valence-corrected chi connectivity index (χ1v) is 4.69. The number of carbonyl (C=O) groups excluding carboxylic acids is 1. The lowest BCUT2D eigenvalue weighted by molar-refractivity contribution is -0.138. The molecule has 1 heterocycles. The van der Waals surface area contributed by atoms with Crippen LogP contribution < -0.4 is 0 Å². The molecule has 0 unspecified atom stereocenters. The molecule has 2 rings (SSSR count). The Kier molecular flexibility index (Phi) is 2.19. The van der Waals surface area contributed by atoms with Crippen LogP contribution in [0.1, 0.15) is 28.4 Å². The van der Waals surface area contributed by atoms with Gasteiger partial charge in [0, 0.05) is 12.6 Å². The maximum Gasteiger partial charge on any atom is 0.305 e. The van der Waals surface area contributed by atoms with Crippen LogP contribution in [0.25, 0.3) is 0 Å². The van der Waals surface area contributed by atoms with Gasteiger partial charge in [-0.05, 0) is 11.6 Å². The van der Waals surface area contributed by atoms with Crippen LogP contribution >= 0.6 is 0 Å². The number of carboxylic acid groups (broad SMARTS) is 1. The van der Waals surface area contributed by atoms with E-state index in [9.17, 15) is 9.59 Å². The van der Waals surface area contributed by atoms with E-state index < -0.39 is 5.97 Å². The smallest absolute Gasteiger partial charge is 0.305 e. The van der Waals surface area contributed by atoms with Crippen molar-refractivity contribution in [3.63, 3.8) is 0 Å². The van der Waals surface area contributed by atoms with Gasteiger partial charge < -0.3 is 10.0 Å². The number of hydrogen-bond acceptors (Lipinski definition) is 2. The van der Waals surface area contributed by atoms with Gasteiger partial charge in [-0.3, -0.25) is 9.59 Å². The van der Waals surface area contributed by atoms with Gasteiger partial charge in [-0.25, -0.2) is 0 Å². The lowest BCUT2D eigenvalue weighted by atomic mass is 10.0. The Labute approximate surface area is 87.1 Å². The van der Waals surface area contributed by atoms with E-state index in [2.05, 4.69) is 0 Å². The normalized spacial score (nSPS) is 19.1. The van der Waals surface area contributed by atoms with Crippen molar-refractivity contribution in [3.8, 4) is 0 Å². The molecule has 0 spiro atoms. The zero-order valence-electron chi connectivity index (χ0n) is 8.30. The second-order valence-corrected chi connectivity index (χ2v) is 3.62. The summed E-state index contributed by atoms with van der Waals surface area (Å²) in [5.41, 5.74) is 1.43. The number of nitrogens with zero attached hydrogens (tertiary/aromatic N) is 1. The summed E-state index contributed by atoms with van der Waals surface area (Å²) in [6, 6.07) is 6.82. The molecule has 1 amide bonds. The molecule has 4 nitrogen and oxygen atoms in total. The molecule has 0 saturated heterocycles. The van der Waals surface area contributed by atoms with Crippen LogP contribution in [0.15, 0.2) is 24.3 Å². The molecule has 1 N–H and O–H groups in total. The minimum absolute atomic E-state index is 0.0424. The topological polar surface area (TPSA) is 57.6 Å². The molecule has 0 aromatic heterocycles. The SMILES string of the molecule is CN1C(=O)c2ccccc2[C@@H]1CC(=O)O. The lowest BCUT2D eigenvalue weighted by Crippen LogP contribution is -2.24. The number of carboxylic acids is 1. The number of amides is 1. The van der Waals surface area contributed by atoms with E-state index in [0.29, 0.717) is 5.56 Å². The van der Waals surface area contributed by atoms with Crippen molar-refractivity contribution >= 4 is 11.9 Å². The molecule has 78 valence electrons.